The summed E-state index contributed by atoms with van der Waals surface area (Å²) in [6, 6.07) is 6.93. The van der Waals surface area contributed by atoms with Gasteiger partial charge in [0.1, 0.15) is 0 Å². The molecule has 6 nitrogen and oxygen atoms in total. The third-order valence-corrected chi connectivity index (χ3v) is 4.02. The molecule has 0 unspecified atom stereocenters. The van der Waals surface area contributed by atoms with Gasteiger partial charge in [0.25, 0.3) is 11.8 Å². The van der Waals surface area contributed by atoms with Crippen LogP contribution in [-0.2, 0) is 7.05 Å². The van der Waals surface area contributed by atoms with Crippen LogP contribution in [0.3, 0.4) is 0 Å². The maximum Gasteiger partial charge on any atom is 0.261 e. The minimum Gasteiger partial charge on any atom is -0.380 e. The molecule has 0 fully saturated rings. The van der Waals surface area contributed by atoms with Gasteiger partial charge in [-0.15, -0.1) is 0 Å². The minimum atomic E-state index is -0.220. The molecule has 0 saturated carbocycles. The van der Waals surface area contributed by atoms with Crippen LogP contribution in [0, 0.1) is 13.8 Å². The highest BCUT2D eigenvalue weighted by Crippen LogP contribution is 2.22. The van der Waals surface area contributed by atoms with E-state index in [2.05, 4.69) is 10.4 Å². The van der Waals surface area contributed by atoms with Gasteiger partial charge < -0.3 is 5.32 Å². The zero-order valence-electron chi connectivity index (χ0n) is 12.9. The minimum absolute atomic E-state index is 0.220. The number of rotatable bonds is 4. The highest BCUT2D eigenvalue weighted by Gasteiger charge is 2.34. The Morgan fingerprint density at radius 3 is 2.18 bits per heavy atom. The highest BCUT2D eigenvalue weighted by molar-refractivity contribution is 6.21. The topological polar surface area (TPSA) is 67.2 Å². The van der Waals surface area contributed by atoms with Gasteiger partial charge in [-0.3, -0.25) is 19.2 Å². The smallest absolute Gasteiger partial charge is 0.261 e. The summed E-state index contributed by atoms with van der Waals surface area (Å²) in [7, 11) is 1.89. The van der Waals surface area contributed by atoms with E-state index in [9.17, 15) is 9.59 Å². The number of hydrogen-bond donors (Lipinski definition) is 1. The van der Waals surface area contributed by atoms with Crippen molar-refractivity contribution in [2.75, 3.05) is 18.4 Å². The number of aryl methyl sites for hydroxylation is 2. The van der Waals surface area contributed by atoms with Crippen LogP contribution in [-0.4, -0.2) is 39.6 Å². The van der Waals surface area contributed by atoms with Gasteiger partial charge in [-0.1, -0.05) is 12.1 Å². The number of carbonyl (C=O) groups is 2. The van der Waals surface area contributed by atoms with Crippen molar-refractivity contribution >= 4 is 17.5 Å². The Morgan fingerprint density at radius 2 is 1.68 bits per heavy atom. The number of nitrogens with zero attached hydrogens (tertiary/aromatic N) is 3. The molecule has 1 aromatic heterocycles. The van der Waals surface area contributed by atoms with Crippen LogP contribution in [0.2, 0.25) is 0 Å². The lowest BCUT2D eigenvalue weighted by Gasteiger charge is -2.15. The molecule has 2 heterocycles. The quantitative estimate of drug-likeness (QED) is 0.873. The zero-order valence-corrected chi connectivity index (χ0v) is 12.9. The summed E-state index contributed by atoms with van der Waals surface area (Å²) in [5.41, 5.74) is 3.86. The van der Waals surface area contributed by atoms with E-state index in [0.29, 0.717) is 24.2 Å². The summed E-state index contributed by atoms with van der Waals surface area (Å²) in [6.45, 7) is 4.74. The number of aromatic nitrogens is 2. The van der Waals surface area contributed by atoms with E-state index in [0.717, 1.165) is 17.1 Å². The van der Waals surface area contributed by atoms with Crippen molar-refractivity contribution in [1.82, 2.24) is 14.7 Å². The fourth-order valence-corrected chi connectivity index (χ4v) is 2.76. The van der Waals surface area contributed by atoms with E-state index >= 15 is 0 Å². The molecule has 0 saturated heterocycles. The monoisotopic (exact) mass is 298 g/mol. The summed E-state index contributed by atoms with van der Waals surface area (Å²) in [5, 5.41) is 7.60. The lowest BCUT2D eigenvalue weighted by Crippen LogP contribution is -2.34. The van der Waals surface area contributed by atoms with E-state index in [4.69, 9.17) is 0 Å². The predicted molar refractivity (Wildman–Crippen MR) is 83.0 cm³/mol. The second kappa shape index (κ2) is 5.29. The molecule has 114 valence electrons. The van der Waals surface area contributed by atoms with Gasteiger partial charge in [0.05, 0.1) is 28.2 Å². The van der Waals surface area contributed by atoms with Crippen molar-refractivity contribution in [3.8, 4) is 0 Å². The standard InChI is InChI=1S/C16H18N4O2/c1-10-14(11(2)19(3)18-10)17-8-9-20-15(21)12-6-4-5-7-13(12)16(20)22/h4-7,17H,8-9H2,1-3H3. The molecule has 0 atom stereocenters. The Labute approximate surface area is 128 Å². The first-order valence-electron chi connectivity index (χ1n) is 7.20. The molecule has 1 aliphatic rings. The molecule has 1 aliphatic heterocycles. The SMILES string of the molecule is Cc1nn(C)c(C)c1NCCN1C(=O)c2ccccc2C1=O. The van der Waals surface area contributed by atoms with Crippen molar-refractivity contribution in [2.45, 2.75) is 13.8 Å². The van der Waals surface area contributed by atoms with Crippen molar-refractivity contribution in [2.24, 2.45) is 7.05 Å². The van der Waals surface area contributed by atoms with E-state index in [1.807, 2.05) is 20.9 Å². The molecule has 0 bridgehead atoms. The number of fused-ring (bicyclic) bond motifs is 1. The Balaban J connectivity index is 1.68. The summed E-state index contributed by atoms with van der Waals surface area (Å²) in [4.78, 5) is 25.8. The first-order valence-corrected chi connectivity index (χ1v) is 7.20. The van der Waals surface area contributed by atoms with E-state index in [-0.39, 0.29) is 11.8 Å². The third-order valence-electron chi connectivity index (χ3n) is 4.02. The lowest BCUT2D eigenvalue weighted by molar-refractivity contribution is 0.0660. The molecule has 6 heteroatoms. The summed E-state index contributed by atoms with van der Waals surface area (Å²) < 4.78 is 1.81. The van der Waals surface area contributed by atoms with Crippen molar-refractivity contribution in [3.63, 3.8) is 0 Å². The van der Waals surface area contributed by atoms with Crippen molar-refractivity contribution < 1.29 is 9.59 Å². The van der Waals surface area contributed by atoms with Gasteiger partial charge >= 0.3 is 0 Å². The average molecular weight is 298 g/mol. The first-order chi connectivity index (χ1) is 10.5. The van der Waals surface area contributed by atoms with E-state index < -0.39 is 0 Å². The molecule has 2 amide bonds. The number of amides is 2. The predicted octanol–water partition coefficient (Wildman–Crippen LogP) is 1.75. The van der Waals surface area contributed by atoms with Gasteiger partial charge in [-0.25, -0.2) is 0 Å². The van der Waals surface area contributed by atoms with Crippen LogP contribution in [0.5, 0.6) is 0 Å². The Hall–Kier alpha value is -2.63. The molecule has 22 heavy (non-hydrogen) atoms. The van der Waals surface area contributed by atoms with Gasteiger partial charge in [0, 0.05) is 20.1 Å². The Bertz CT molecular complexity index is 729. The second-order valence-electron chi connectivity index (χ2n) is 5.40. The van der Waals surface area contributed by atoms with Crippen LogP contribution >= 0.6 is 0 Å². The second-order valence-corrected chi connectivity index (χ2v) is 5.40. The number of anilines is 1. The molecule has 2 aromatic rings. The van der Waals surface area contributed by atoms with Crippen molar-refractivity contribution in [3.05, 3.63) is 46.8 Å². The summed E-state index contributed by atoms with van der Waals surface area (Å²) in [5.74, 6) is -0.441. The molecule has 1 aromatic carbocycles. The third kappa shape index (κ3) is 2.16. The Kier molecular flexibility index (Phi) is 3.44. The van der Waals surface area contributed by atoms with Crippen LogP contribution in [0.25, 0.3) is 0 Å². The van der Waals surface area contributed by atoms with E-state index in [1.165, 1.54) is 4.90 Å². The maximum atomic E-state index is 12.2. The Morgan fingerprint density at radius 1 is 1.09 bits per heavy atom. The van der Waals surface area contributed by atoms with Gasteiger partial charge in [0.15, 0.2) is 0 Å². The van der Waals surface area contributed by atoms with Gasteiger partial charge in [-0.05, 0) is 26.0 Å². The van der Waals surface area contributed by atoms with Gasteiger partial charge in [0.2, 0.25) is 0 Å². The number of benzene rings is 1. The van der Waals surface area contributed by atoms with Crippen LogP contribution < -0.4 is 5.32 Å². The molecule has 3 rings (SSSR count). The van der Waals surface area contributed by atoms with Crippen LogP contribution in [0.4, 0.5) is 5.69 Å². The molecular weight excluding hydrogens is 280 g/mol. The number of nitrogens with one attached hydrogen (secondary N) is 1. The summed E-state index contributed by atoms with van der Waals surface area (Å²) >= 11 is 0. The van der Waals surface area contributed by atoms with E-state index in [1.54, 1.807) is 28.9 Å². The van der Waals surface area contributed by atoms with Crippen molar-refractivity contribution in [1.29, 1.82) is 0 Å². The normalized spacial score (nSPS) is 13.7. The number of hydrogen-bond acceptors (Lipinski definition) is 4. The largest absolute Gasteiger partial charge is 0.380 e. The van der Waals surface area contributed by atoms with Crippen LogP contribution in [0.1, 0.15) is 32.1 Å². The average Bonchev–Trinajstić information content (AvgIpc) is 2.89. The van der Waals surface area contributed by atoms with Gasteiger partial charge in [-0.2, -0.15) is 5.10 Å². The highest BCUT2D eigenvalue weighted by atomic mass is 16.2. The van der Waals surface area contributed by atoms with Crippen LogP contribution in [0.15, 0.2) is 24.3 Å². The fraction of sp³-hybridized carbons (Fsp3) is 0.312. The lowest BCUT2D eigenvalue weighted by atomic mass is 10.1. The first kappa shape index (κ1) is 14.3. The molecule has 0 aliphatic carbocycles. The summed E-state index contributed by atoms with van der Waals surface area (Å²) in [6.07, 6.45) is 0. The zero-order chi connectivity index (χ0) is 15.9. The maximum absolute atomic E-state index is 12.2. The molecule has 0 radical (unpaired) electrons. The molecule has 1 N–H and O–H groups in total. The molecule has 0 spiro atoms. The molecular formula is C16H18N4O2. The number of imide groups is 1. The fourth-order valence-electron chi connectivity index (χ4n) is 2.76. The number of carbonyl (C=O) groups excluding carboxylic acids is 2.